The summed E-state index contributed by atoms with van der Waals surface area (Å²) in [4.78, 5) is 30.6. The van der Waals surface area contributed by atoms with Crippen molar-refractivity contribution in [1.29, 1.82) is 0 Å². The molecule has 1 aromatic heterocycles. The van der Waals surface area contributed by atoms with Gasteiger partial charge >= 0.3 is 5.97 Å². The van der Waals surface area contributed by atoms with Gasteiger partial charge < -0.3 is 10.4 Å². The first kappa shape index (κ1) is 12.5. The maximum absolute atomic E-state index is 11.8. The number of amides is 1. The monoisotopic (exact) mass is 249 g/mol. The van der Waals surface area contributed by atoms with Gasteiger partial charge in [-0.15, -0.1) is 0 Å². The number of nitrogens with one attached hydrogen (secondary N) is 1. The number of nitrogens with zero attached hydrogens (tertiary/aromatic N) is 2. The van der Waals surface area contributed by atoms with Gasteiger partial charge in [0.05, 0.1) is 11.0 Å². The van der Waals surface area contributed by atoms with Gasteiger partial charge in [0.25, 0.3) is 5.91 Å². The van der Waals surface area contributed by atoms with Crippen molar-refractivity contribution in [2.45, 2.75) is 25.7 Å². The molecule has 1 aliphatic rings. The molecule has 1 saturated carbocycles. The van der Waals surface area contributed by atoms with E-state index in [9.17, 15) is 14.7 Å². The van der Waals surface area contributed by atoms with E-state index in [2.05, 4.69) is 15.3 Å². The van der Waals surface area contributed by atoms with Crippen LogP contribution in [0.5, 0.6) is 0 Å². The smallest absolute Gasteiger partial charge is 0.311 e. The summed E-state index contributed by atoms with van der Waals surface area (Å²) < 4.78 is 0. The molecule has 2 rings (SSSR count). The number of aliphatic carboxylic acids is 1. The first-order chi connectivity index (χ1) is 8.64. The lowest BCUT2D eigenvalue weighted by Crippen LogP contribution is -2.41. The average Bonchev–Trinajstić information content (AvgIpc) is 2.87. The maximum Gasteiger partial charge on any atom is 0.311 e. The van der Waals surface area contributed by atoms with Crippen LogP contribution >= 0.6 is 0 Å². The number of carbonyl (C=O) groups is 2. The van der Waals surface area contributed by atoms with Crippen molar-refractivity contribution in [1.82, 2.24) is 15.3 Å². The molecule has 0 spiro atoms. The lowest BCUT2D eigenvalue weighted by atomic mass is 9.86. The molecule has 0 unspecified atom stereocenters. The molecule has 96 valence electrons. The highest BCUT2D eigenvalue weighted by molar-refractivity contribution is 5.93. The van der Waals surface area contributed by atoms with Crippen molar-refractivity contribution in [2.24, 2.45) is 5.41 Å². The molecule has 0 radical (unpaired) electrons. The first-order valence-electron chi connectivity index (χ1n) is 5.91. The Hall–Kier alpha value is -1.98. The molecule has 1 amide bonds. The summed E-state index contributed by atoms with van der Waals surface area (Å²) in [5, 5.41) is 11.9. The molecular formula is C12H15N3O3. The van der Waals surface area contributed by atoms with Crippen LogP contribution in [0.25, 0.3) is 0 Å². The summed E-state index contributed by atoms with van der Waals surface area (Å²) in [5.74, 6) is -1.16. The molecule has 6 heteroatoms. The Labute approximate surface area is 104 Å². The lowest BCUT2D eigenvalue weighted by molar-refractivity contribution is -0.148. The number of carbonyl (C=O) groups excluding carboxylic acids is 1. The van der Waals surface area contributed by atoms with Crippen LogP contribution in [0.2, 0.25) is 0 Å². The number of aromatic nitrogens is 2. The zero-order valence-corrected chi connectivity index (χ0v) is 9.93. The second-order valence-electron chi connectivity index (χ2n) is 4.60. The van der Waals surface area contributed by atoms with E-state index in [1.807, 2.05) is 0 Å². The van der Waals surface area contributed by atoms with Gasteiger partial charge in [-0.25, -0.2) is 9.97 Å². The van der Waals surface area contributed by atoms with Crippen molar-refractivity contribution in [2.75, 3.05) is 6.54 Å². The summed E-state index contributed by atoms with van der Waals surface area (Å²) in [6, 6.07) is 0. The van der Waals surface area contributed by atoms with Gasteiger partial charge in [-0.05, 0) is 12.8 Å². The van der Waals surface area contributed by atoms with Crippen molar-refractivity contribution in [3.63, 3.8) is 0 Å². The molecule has 1 aliphatic carbocycles. The molecule has 0 aliphatic heterocycles. The number of carboxylic acids is 1. The SMILES string of the molecule is O=C(NCC1(C(=O)O)CCCC1)c1cncnc1. The number of carboxylic acid groups (broad SMARTS) is 1. The van der Waals surface area contributed by atoms with Crippen molar-refractivity contribution in [3.05, 3.63) is 24.3 Å². The molecule has 1 heterocycles. The summed E-state index contributed by atoms with van der Waals surface area (Å²) in [6.45, 7) is 0.163. The van der Waals surface area contributed by atoms with Crippen LogP contribution in [0.3, 0.4) is 0 Å². The molecule has 2 N–H and O–H groups in total. The van der Waals surface area contributed by atoms with E-state index in [1.165, 1.54) is 18.7 Å². The van der Waals surface area contributed by atoms with E-state index in [0.29, 0.717) is 18.4 Å². The van der Waals surface area contributed by atoms with Crippen molar-refractivity contribution < 1.29 is 14.7 Å². The van der Waals surface area contributed by atoms with Crippen LogP contribution in [0.15, 0.2) is 18.7 Å². The minimum atomic E-state index is -0.829. The second-order valence-corrected chi connectivity index (χ2v) is 4.60. The topological polar surface area (TPSA) is 92.2 Å². The zero-order valence-electron chi connectivity index (χ0n) is 9.93. The van der Waals surface area contributed by atoms with Gasteiger partial charge in [0.15, 0.2) is 0 Å². The standard InChI is InChI=1S/C12H15N3O3/c16-10(9-5-13-8-14-6-9)15-7-12(11(17)18)3-1-2-4-12/h5-6,8H,1-4,7H2,(H,15,16)(H,17,18). The molecule has 0 bridgehead atoms. The molecule has 1 fully saturated rings. The van der Waals surface area contributed by atoms with E-state index in [-0.39, 0.29) is 12.5 Å². The highest BCUT2D eigenvalue weighted by Crippen LogP contribution is 2.37. The molecule has 0 aromatic carbocycles. The molecule has 0 atom stereocenters. The van der Waals surface area contributed by atoms with Crippen molar-refractivity contribution >= 4 is 11.9 Å². The van der Waals surface area contributed by atoms with Crippen LogP contribution in [0.4, 0.5) is 0 Å². The quantitative estimate of drug-likeness (QED) is 0.825. The van der Waals surface area contributed by atoms with Gasteiger partial charge in [-0.3, -0.25) is 9.59 Å². The van der Waals surface area contributed by atoms with Gasteiger partial charge in [0, 0.05) is 18.9 Å². The van der Waals surface area contributed by atoms with Crippen LogP contribution in [0, 0.1) is 5.41 Å². The summed E-state index contributed by atoms with van der Waals surface area (Å²) in [7, 11) is 0. The Balaban J connectivity index is 1.99. The summed E-state index contributed by atoms with van der Waals surface area (Å²) in [6.07, 6.45) is 7.19. The van der Waals surface area contributed by atoms with Crippen LogP contribution in [0.1, 0.15) is 36.0 Å². The van der Waals surface area contributed by atoms with Gasteiger partial charge in [0.2, 0.25) is 0 Å². The Morgan fingerprint density at radius 3 is 2.44 bits per heavy atom. The Kier molecular flexibility index (Phi) is 3.55. The maximum atomic E-state index is 11.8. The molecule has 1 aromatic rings. The molecule has 0 saturated heterocycles. The summed E-state index contributed by atoms with van der Waals surface area (Å²) >= 11 is 0. The van der Waals surface area contributed by atoms with Crippen LogP contribution < -0.4 is 5.32 Å². The Bertz CT molecular complexity index is 441. The fraction of sp³-hybridized carbons (Fsp3) is 0.500. The lowest BCUT2D eigenvalue weighted by Gasteiger charge is -2.23. The zero-order chi connectivity index (χ0) is 13.0. The van der Waals surface area contributed by atoms with E-state index >= 15 is 0 Å². The minimum absolute atomic E-state index is 0.163. The third-order valence-electron chi connectivity index (χ3n) is 3.42. The largest absolute Gasteiger partial charge is 0.481 e. The second kappa shape index (κ2) is 5.12. The third-order valence-corrected chi connectivity index (χ3v) is 3.42. The van der Waals surface area contributed by atoms with E-state index in [1.54, 1.807) is 0 Å². The van der Waals surface area contributed by atoms with Gasteiger partial charge in [-0.2, -0.15) is 0 Å². The number of hydrogen-bond donors (Lipinski definition) is 2. The van der Waals surface area contributed by atoms with Crippen LogP contribution in [-0.2, 0) is 4.79 Å². The highest BCUT2D eigenvalue weighted by Gasteiger charge is 2.41. The number of hydrogen-bond acceptors (Lipinski definition) is 4. The fourth-order valence-corrected chi connectivity index (χ4v) is 2.29. The fourth-order valence-electron chi connectivity index (χ4n) is 2.29. The number of rotatable bonds is 4. The van der Waals surface area contributed by atoms with Crippen molar-refractivity contribution in [3.8, 4) is 0 Å². The van der Waals surface area contributed by atoms with Crippen LogP contribution in [-0.4, -0.2) is 33.5 Å². The predicted octanol–water partition coefficient (Wildman–Crippen LogP) is 0.851. The van der Waals surface area contributed by atoms with E-state index < -0.39 is 11.4 Å². The normalized spacial score (nSPS) is 17.3. The van der Waals surface area contributed by atoms with Gasteiger partial charge in [-0.1, -0.05) is 12.8 Å². The van der Waals surface area contributed by atoms with Gasteiger partial charge in [0.1, 0.15) is 6.33 Å². The highest BCUT2D eigenvalue weighted by atomic mass is 16.4. The first-order valence-corrected chi connectivity index (χ1v) is 5.91. The molecular weight excluding hydrogens is 234 g/mol. The third kappa shape index (κ3) is 2.47. The predicted molar refractivity (Wildman–Crippen MR) is 62.9 cm³/mol. The Morgan fingerprint density at radius 2 is 1.89 bits per heavy atom. The van der Waals surface area contributed by atoms with E-state index in [0.717, 1.165) is 12.8 Å². The Morgan fingerprint density at radius 1 is 1.28 bits per heavy atom. The molecule has 6 nitrogen and oxygen atoms in total. The van der Waals surface area contributed by atoms with E-state index in [4.69, 9.17) is 0 Å². The minimum Gasteiger partial charge on any atom is -0.481 e. The summed E-state index contributed by atoms with van der Waals surface area (Å²) in [5.41, 5.74) is -0.457. The molecule has 18 heavy (non-hydrogen) atoms. The average molecular weight is 249 g/mol.